The van der Waals surface area contributed by atoms with Crippen LogP contribution in [0.1, 0.15) is 5.56 Å². The van der Waals surface area contributed by atoms with Gasteiger partial charge in [-0.05, 0) is 46.6 Å². The molecular formula is C11H10BrNO. The molecule has 0 aliphatic rings. The second-order valence-corrected chi connectivity index (χ2v) is 4.03. The van der Waals surface area contributed by atoms with Crippen LogP contribution in [0, 0.1) is 6.92 Å². The van der Waals surface area contributed by atoms with E-state index in [1.54, 1.807) is 6.26 Å². The Balaban J connectivity index is 2.62. The summed E-state index contributed by atoms with van der Waals surface area (Å²) in [4.78, 5) is 0. The van der Waals surface area contributed by atoms with E-state index in [4.69, 9.17) is 10.2 Å². The molecular weight excluding hydrogens is 242 g/mol. The smallest absolute Gasteiger partial charge is 0.148 e. The Morgan fingerprint density at radius 2 is 2.07 bits per heavy atom. The fourth-order valence-corrected chi connectivity index (χ4v) is 1.79. The summed E-state index contributed by atoms with van der Waals surface area (Å²) in [6.07, 6.45) is 1.65. The number of furan rings is 1. The third kappa shape index (κ3) is 1.55. The lowest BCUT2D eigenvalue weighted by molar-refractivity contribution is 0.581. The van der Waals surface area contributed by atoms with Crippen molar-refractivity contribution >= 4 is 21.6 Å². The maximum atomic E-state index is 5.73. The van der Waals surface area contributed by atoms with Crippen LogP contribution < -0.4 is 5.73 Å². The summed E-state index contributed by atoms with van der Waals surface area (Å²) >= 11 is 3.43. The Morgan fingerprint density at radius 1 is 1.29 bits per heavy atom. The third-order valence-electron chi connectivity index (χ3n) is 2.12. The van der Waals surface area contributed by atoms with E-state index < -0.39 is 0 Å². The second kappa shape index (κ2) is 3.50. The minimum absolute atomic E-state index is 0.744. The number of hydrogen-bond donors (Lipinski definition) is 1. The molecule has 0 atom stereocenters. The Hall–Kier alpha value is -1.22. The minimum Gasteiger partial charge on any atom is -0.463 e. The highest BCUT2D eigenvalue weighted by Gasteiger charge is 2.09. The summed E-state index contributed by atoms with van der Waals surface area (Å²) in [6, 6.07) is 7.66. The van der Waals surface area contributed by atoms with Gasteiger partial charge in [0.15, 0.2) is 0 Å². The molecule has 2 aromatic rings. The van der Waals surface area contributed by atoms with Crippen molar-refractivity contribution in [1.29, 1.82) is 0 Å². The van der Waals surface area contributed by atoms with Gasteiger partial charge in [0.05, 0.1) is 10.7 Å². The van der Waals surface area contributed by atoms with Crippen LogP contribution in [0.2, 0.25) is 0 Å². The molecule has 0 radical (unpaired) electrons. The van der Waals surface area contributed by atoms with Crippen molar-refractivity contribution in [3.8, 4) is 11.3 Å². The number of aryl methyl sites for hydroxylation is 1. The van der Waals surface area contributed by atoms with E-state index in [2.05, 4.69) is 15.9 Å². The van der Waals surface area contributed by atoms with E-state index in [0.29, 0.717) is 0 Å². The number of halogens is 1. The molecule has 2 rings (SSSR count). The van der Waals surface area contributed by atoms with Gasteiger partial charge in [0.2, 0.25) is 0 Å². The zero-order chi connectivity index (χ0) is 10.1. The molecule has 72 valence electrons. The maximum absolute atomic E-state index is 5.73. The van der Waals surface area contributed by atoms with Crippen LogP contribution in [0.5, 0.6) is 0 Å². The number of nitrogen functional groups attached to an aromatic ring is 1. The van der Waals surface area contributed by atoms with Gasteiger partial charge in [0.25, 0.3) is 0 Å². The standard InChI is InChI=1S/C11H10BrNO/c1-7-2-3-8(13)6-9(7)11-10(12)4-5-14-11/h2-6H,13H2,1H3. The minimum atomic E-state index is 0.744. The lowest BCUT2D eigenvalue weighted by atomic mass is 10.1. The van der Waals surface area contributed by atoms with Gasteiger partial charge >= 0.3 is 0 Å². The Kier molecular flexibility index (Phi) is 2.33. The SMILES string of the molecule is Cc1ccc(N)cc1-c1occc1Br. The fourth-order valence-electron chi connectivity index (χ4n) is 1.37. The van der Waals surface area contributed by atoms with Gasteiger partial charge in [-0.1, -0.05) is 6.07 Å². The van der Waals surface area contributed by atoms with Gasteiger partial charge in [0, 0.05) is 11.3 Å². The molecule has 0 aliphatic heterocycles. The summed E-state index contributed by atoms with van der Waals surface area (Å²) in [5, 5.41) is 0. The van der Waals surface area contributed by atoms with Crippen LogP contribution >= 0.6 is 15.9 Å². The van der Waals surface area contributed by atoms with Crippen molar-refractivity contribution in [2.24, 2.45) is 0 Å². The summed E-state index contributed by atoms with van der Waals surface area (Å²) < 4.78 is 6.33. The maximum Gasteiger partial charge on any atom is 0.148 e. The highest BCUT2D eigenvalue weighted by atomic mass is 79.9. The molecule has 0 bridgehead atoms. The molecule has 1 heterocycles. The molecule has 14 heavy (non-hydrogen) atoms. The van der Waals surface area contributed by atoms with Crippen molar-refractivity contribution < 1.29 is 4.42 Å². The second-order valence-electron chi connectivity index (χ2n) is 3.17. The molecule has 2 nitrogen and oxygen atoms in total. The highest BCUT2D eigenvalue weighted by Crippen LogP contribution is 2.32. The van der Waals surface area contributed by atoms with Crippen LogP contribution in [0.4, 0.5) is 5.69 Å². The average Bonchev–Trinajstić information content (AvgIpc) is 2.56. The van der Waals surface area contributed by atoms with Crippen molar-refractivity contribution in [2.45, 2.75) is 6.92 Å². The number of anilines is 1. The molecule has 0 aliphatic carbocycles. The van der Waals surface area contributed by atoms with Crippen molar-refractivity contribution in [2.75, 3.05) is 5.73 Å². The Morgan fingerprint density at radius 3 is 2.71 bits per heavy atom. The van der Waals surface area contributed by atoms with Crippen molar-refractivity contribution in [3.63, 3.8) is 0 Å². The highest BCUT2D eigenvalue weighted by molar-refractivity contribution is 9.10. The summed E-state index contributed by atoms with van der Waals surface area (Å²) in [5.74, 6) is 0.829. The van der Waals surface area contributed by atoms with E-state index in [1.165, 1.54) is 0 Å². The first-order chi connectivity index (χ1) is 6.68. The van der Waals surface area contributed by atoms with E-state index in [1.807, 2.05) is 31.2 Å². The van der Waals surface area contributed by atoms with Crippen LogP contribution in [0.15, 0.2) is 39.4 Å². The van der Waals surface area contributed by atoms with E-state index in [-0.39, 0.29) is 0 Å². The van der Waals surface area contributed by atoms with Crippen LogP contribution in [0.25, 0.3) is 11.3 Å². The lowest BCUT2D eigenvalue weighted by Gasteiger charge is -2.04. The molecule has 0 saturated carbocycles. The normalized spacial score (nSPS) is 10.4. The van der Waals surface area contributed by atoms with Crippen LogP contribution in [-0.2, 0) is 0 Å². The first-order valence-corrected chi connectivity index (χ1v) is 5.07. The number of benzene rings is 1. The molecule has 1 aromatic heterocycles. The average molecular weight is 252 g/mol. The predicted molar refractivity (Wildman–Crippen MR) is 61.0 cm³/mol. The molecule has 1 aromatic carbocycles. The Labute approximate surface area is 90.9 Å². The fraction of sp³-hybridized carbons (Fsp3) is 0.0909. The zero-order valence-electron chi connectivity index (χ0n) is 7.75. The molecule has 0 unspecified atom stereocenters. The third-order valence-corrected chi connectivity index (χ3v) is 2.75. The summed E-state index contributed by atoms with van der Waals surface area (Å²) in [7, 11) is 0. The van der Waals surface area contributed by atoms with Gasteiger partial charge in [-0.3, -0.25) is 0 Å². The molecule has 0 amide bonds. The van der Waals surface area contributed by atoms with Gasteiger partial charge in [-0.25, -0.2) is 0 Å². The van der Waals surface area contributed by atoms with Gasteiger partial charge < -0.3 is 10.2 Å². The van der Waals surface area contributed by atoms with Crippen LogP contribution in [-0.4, -0.2) is 0 Å². The summed E-state index contributed by atoms with van der Waals surface area (Å²) in [5.41, 5.74) is 8.65. The number of rotatable bonds is 1. The number of nitrogens with two attached hydrogens (primary N) is 1. The van der Waals surface area contributed by atoms with Crippen molar-refractivity contribution in [1.82, 2.24) is 0 Å². The van der Waals surface area contributed by atoms with Gasteiger partial charge in [0.1, 0.15) is 5.76 Å². The van der Waals surface area contributed by atoms with E-state index >= 15 is 0 Å². The van der Waals surface area contributed by atoms with Crippen LogP contribution in [0.3, 0.4) is 0 Å². The molecule has 3 heteroatoms. The van der Waals surface area contributed by atoms with E-state index in [0.717, 1.165) is 27.0 Å². The predicted octanol–water partition coefficient (Wildman–Crippen LogP) is 3.60. The topological polar surface area (TPSA) is 39.2 Å². The molecule has 0 saturated heterocycles. The quantitative estimate of drug-likeness (QED) is 0.787. The molecule has 0 fully saturated rings. The molecule has 0 spiro atoms. The van der Waals surface area contributed by atoms with Crippen molar-refractivity contribution in [3.05, 3.63) is 40.6 Å². The lowest BCUT2D eigenvalue weighted by Crippen LogP contribution is -1.88. The molecule has 2 N–H and O–H groups in total. The zero-order valence-corrected chi connectivity index (χ0v) is 9.34. The van der Waals surface area contributed by atoms with Gasteiger partial charge in [-0.15, -0.1) is 0 Å². The number of hydrogen-bond acceptors (Lipinski definition) is 2. The first-order valence-electron chi connectivity index (χ1n) is 4.28. The summed E-state index contributed by atoms with van der Waals surface area (Å²) in [6.45, 7) is 2.03. The first kappa shape index (κ1) is 9.34. The van der Waals surface area contributed by atoms with E-state index in [9.17, 15) is 0 Å². The largest absolute Gasteiger partial charge is 0.463 e. The monoisotopic (exact) mass is 251 g/mol. The van der Waals surface area contributed by atoms with Gasteiger partial charge in [-0.2, -0.15) is 0 Å². The Bertz CT molecular complexity index is 462.